The molecule has 25 heavy (non-hydrogen) atoms. The third-order valence-electron chi connectivity index (χ3n) is 7.93. The van der Waals surface area contributed by atoms with Gasteiger partial charge in [0.1, 0.15) is 6.10 Å². The molecule has 5 N–H and O–H groups in total. The molecule has 7 atom stereocenters. The van der Waals surface area contributed by atoms with Crippen molar-refractivity contribution in [2.24, 2.45) is 22.7 Å². The van der Waals surface area contributed by atoms with Crippen LogP contribution in [0.3, 0.4) is 0 Å². The monoisotopic (exact) mass is 356 g/mol. The van der Waals surface area contributed by atoms with Crippen LogP contribution in [0.1, 0.15) is 59.8 Å². The quantitative estimate of drug-likeness (QED) is 0.482. The first kappa shape index (κ1) is 20.8. The molecule has 2 rings (SSSR count). The molecule has 146 valence electrons. The van der Waals surface area contributed by atoms with E-state index in [-0.39, 0.29) is 24.5 Å². The van der Waals surface area contributed by atoms with E-state index in [1.54, 1.807) is 13.0 Å². The minimum Gasteiger partial charge on any atom is -0.392 e. The van der Waals surface area contributed by atoms with E-state index in [1.807, 2.05) is 6.92 Å². The molecule has 0 aromatic carbocycles. The molecule has 0 spiro atoms. The number of aliphatic hydroxyl groups is 5. The van der Waals surface area contributed by atoms with Crippen molar-refractivity contribution in [1.82, 2.24) is 0 Å². The van der Waals surface area contributed by atoms with Gasteiger partial charge in [-0.15, -0.1) is 0 Å². The second-order valence-corrected chi connectivity index (χ2v) is 9.01. The topological polar surface area (TPSA) is 101 Å². The molecule has 5 nitrogen and oxygen atoms in total. The zero-order valence-electron chi connectivity index (χ0n) is 16.1. The molecule has 0 aromatic rings. The second kappa shape index (κ2) is 7.28. The van der Waals surface area contributed by atoms with E-state index in [0.29, 0.717) is 18.8 Å². The van der Waals surface area contributed by atoms with E-state index in [2.05, 4.69) is 13.8 Å². The summed E-state index contributed by atoms with van der Waals surface area (Å²) in [7, 11) is 0. The molecular weight excluding hydrogens is 320 g/mol. The largest absolute Gasteiger partial charge is 0.392 e. The van der Waals surface area contributed by atoms with Gasteiger partial charge < -0.3 is 25.5 Å². The number of fused-ring (bicyclic) bond motifs is 1. The molecule has 0 unspecified atom stereocenters. The highest BCUT2D eigenvalue weighted by atomic mass is 16.4. The lowest BCUT2D eigenvalue weighted by Gasteiger charge is -2.64. The number of aliphatic hydroxyl groups excluding tert-OH is 4. The molecule has 0 heterocycles. The van der Waals surface area contributed by atoms with Crippen molar-refractivity contribution in [2.75, 3.05) is 13.2 Å². The Hall–Kier alpha value is -0.460. The summed E-state index contributed by atoms with van der Waals surface area (Å²) < 4.78 is 0. The molecule has 2 saturated carbocycles. The fraction of sp³-hybridized carbons (Fsp3) is 0.900. The van der Waals surface area contributed by atoms with Crippen molar-refractivity contribution < 1.29 is 25.5 Å². The first-order valence-electron chi connectivity index (χ1n) is 9.52. The standard InChI is InChI=1S/C20H36O5/c1-13-5-9-19(3)16(11-15(23)17(24)20(19,4)25)18(13,2)8-6-14(12-22)7-10-21/h7,13,15-17,21-25H,5-6,8-12H2,1-4H3/b14-7-/t13-,15-,16-,17-,18+,19-,20+/m1/s1. The van der Waals surface area contributed by atoms with Gasteiger partial charge in [-0.3, -0.25) is 0 Å². The molecule has 0 amide bonds. The molecule has 5 heteroatoms. The van der Waals surface area contributed by atoms with Gasteiger partial charge in [0.15, 0.2) is 0 Å². The first-order valence-corrected chi connectivity index (χ1v) is 9.52. The molecule has 0 bridgehead atoms. The van der Waals surface area contributed by atoms with Gasteiger partial charge in [-0.2, -0.15) is 0 Å². The van der Waals surface area contributed by atoms with Crippen LogP contribution in [-0.4, -0.2) is 56.6 Å². The van der Waals surface area contributed by atoms with Gasteiger partial charge in [0.25, 0.3) is 0 Å². The van der Waals surface area contributed by atoms with E-state index in [9.17, 15) is 20.4 Å². The number of hydrogen-bond donors (Lipinski definition) is 5. The minimum absolute atomic E-state index is 0.0635. The smallest absolute Gasteiger partial charge is 0.109 e. The van der Waals surface area contributed by atoms with Crippen LogP contribution < -0.4 is 0 Å². The Labute approximate surface area is 151 Å². The fourth-order valence-electron chi connectivity index (χ4n) is 5.53. The third kappa shape index (κ3) is 3.30. The van der Waals surface area contributed by atoms with Crippen molar-refractivity contribution in [2.45, 2.75) is 77.6 Å². The predicted octanol–water partition coefficient (Wildman–Crippen LogP) is 1.61. The summed E-state index contributed by atoms with van der Waals surface area (Å²) in [6, 6.07) is 0. The fourth-order valence-corrected chi connectivity index (χ4v) is 5.53. The van der Waals surface area contributed by atoms with E-state index in [4.69, 9.17) is 5.11 Å². The maximum absolute atomic E-state index is 11.1. The van der Waals surface area contributed by atoms with Crippen molar-refractivity contribution >= 4 is 0 Å². The van der Waals surface area contributed by atoms with E-state index >= 15 is 0 Å². The van der Waals surface area contributed by atoms with Crippen molar-refractivity contribution in [3.63, 3.8) is 0 Å². The summed E-state index contributed by atoms with van der Waals surface area (Å²) in [6.45, 7) is 8.00. The van der Waals surface area contributed by atoms with Crippen molar-refractivity contribution in [3.05, 3.63) is 11.6 Å². The summed E-state index contributed by atoms with van der Waals surface area (Å²) in [5, 5.41) is 50.5. The molecule has 2 aliphatic rings. The maximum atomic E-state index is 11.1. The van der Waals surface area contributed by atoms with Crippen LogP contribution in [0, 0.1) is 22.7 Å². The zero-order chi connectivity index (χ0) is 19.0. The zero-order valence-corrected chi connectivity index (χ0v) is 16.1. The summed E-state index contributed by atoms with van der Waals surface area (Å²) >= 11 is 0. The van der Waals surface area contributed by atoms with Crippen LogP contribution in [0.15, 0.2) is 11.6 Å². The second-order valence-electron chi connectivity index (χ2n) is 9.01. The molecule has 2 fully saturated rings. The minimum atomic E-state index is -1.34. The lowest BCUT2D eigenvalue weighted by Crippen LogP contribution is -2.68. The van der Waals surface area contributed by atoms with Crippen LogP contribution >= 0.6 is 0 Å². The summed E-state index contributed by atoms with van der Waals surface area (Å²) in [5.74, 6) is 0.490. The van der Waals surface area contributed by atoms with Gasteiger partial charge in [0.05, 0.1) is 24.9 Å². The summed E-state index contributed by atoms with van der Waals surface area (Å²) in [6.07, 6.45) is 3.37. The lowest BCUT2D eigenvalue weighted by atomic mass is 9.42. The number of rotatable bonds is 5. The van der Waals surface area contributed by atoms with Gasteiger partial charge in [0.2, 0.25) is 0 Å². The molecular formula is C20H36O5. The van der Waals surface area contributed by atoms with Crippen molar-refractivity contribution in [3.8, 4) is 0 Å². The van der Waals surface area contributed by atoms with Gasteiger partial charge in [-0.1, -0.05) is 26.8 Å². The predicted molar refractivity (Wildman–Crippen MR) is 96.8 cm³/mol. The van der Waals surface area contributed by atoms with Gasteiger partial charge >= 0.3 is 0 Å². The van der Waals surface area contributed by atoms with Crippen LogP contribution in [0.5, 0.6) is 0 Å². The van der Waals surface area contributed by atoms with E-state index < -0.39 is 23.2 Å². The van der Waals surface area contributed by atoms with Gasteiger partial charge in [-0.05, 0) is 61.9 Å². The summed E-state index contributed by atoms with van der Waals surface area (Å²) in [4.78, 5) is 0. The lowest BCUT2D eigenvalue weighted by molar-refractivity contribution is -0.263. The maximum Gasteiger partial charge on any atom is 0.109 e. The third-order valence-corrected chi connectivity index (χ3v) is 7.93. The molecule has 0 aliphatic heterocycles. The first-order chi connectivity index (χ1) is 11.5. The van der Waals surface area contributed by atoms with E-state index in [0.717, 1.165) is 24.8 Å². The number of hydrogen-bond acceptors (Lipinski definition) is 5. The normalized spacial score (nSPS) is 48.3. The Bertz CT molecular complexity index is 502. The summed E-state index contributed by atoms with van der Waals surface area (Å²) in [5.41, 5.74) is -1.10. The average Bonchev–Trinajstić information content (AvgIpc) is 2.57. The van der Waals surface area contributed by atoms with Crippen molar-refractivity contribution in [1.29, 1.82) is 0 Å². The highest BCUT2D eigenvalue weighted by Gasteiger charge is 2.64. The average molecular weight is 357 g/mol. The Morgan fingerprint density at radius 1 is 1.16 bits per heavy atom. The molecule has 0 aromatic heterocycles. The van der Waals surface area contributed by atoms with Gasteiger partial charge in [0, 0.05) is 5.41 Å². The van der Waals surface area contributed by atoms with E-state index in [1.165, 1.54) is 0 Å². The Balaban J connectivity index is 2.34. The highest BCUT2D eigenvalue weighted by molar-refractivity contribution is 5.15. The Morgan fingerprint density at radius 2 is 1.80 bits per heavy atom. The molecule has 0 saturated heterocycles. The van der Waals surface area contributed by atoms with Crippen LogP contribution in [0.25, 0.3) is 0 Å². The molecule has 0 radical (unpaired) electrons. The van der Waals surface area contributed by atoms with Crippen LogP contribution in [0.4, 0.5) is 0 Å². The van der Waals surface area contributed by atoms with Crippen LogP contribution in [-0.2, 0) is 0 Å². The Morgan fingerprint density at radius 3 is 2.36 bits per heavy atom. The molecule has 2 aliphatic carbocycles. The SMILES string of the molecule is C[C@@H]1CC[C@]2(C)[C@H](C[C@@H](O)[C@@H](O)[C@]2(C)O)[C@@]1(C)CC/C(=C/CO)CO. The van der Waals surface area contributed by atoms with Gasteiger partial charge in [-0.25, -0.2) is 0 Å². The Kier molecular flexibility index (Phi) is 6.07. The highest BCUT2D eigenvalue weighted by Crippen LogP contribution is 2.64. The van der Waals surface area contributed by atoms with Crippen LogP contribution in [0.2, 0.25) is 0 Å².